The second-order valence-corrected chi connectivity index (χ2v) is 5.45. The van der Waals surface area contributed by atoms with Gasteiger partial charge in [-0.25, -0.2) is 0 Å². The third-order valence-electron chi connectivity index (χ3n) is 2.89. The molecule has 1 rings (SSSR count). The second kappa shape index (κ2) is 18.1. The first-order valence-corrected chi connectivity index (χ1v) is 9.28. The van der Waals surface area contributed by atoms with Gasteiger partial charge in [0.1, 0.15) is 5.75 Å². The van der Waals surface area contributed by atoms with Gasteiger partial charge < -0.3 is 9.47 Å². The van der Waals surface area contributed by atoms with E-state index in [-0.39, 0.29) is 5.41 Å². The van der Waals surface area contributed by atoms with Crippen molar-refractivity contribution in [3.05, 3.63) is 35.4 Å². The van der Waals surface area contributed by atoms with Crippen LogP contribution in [0.4, 0.5) is 0 Å². The zero-order chi connectivity index (χ0) is 19.6. The van der Waals surface area contributed by atoms with E-state index in [0.29, 0.717) is 0 Å². The third kappa shape index (κ3) is 13.2. The maximum Gasteiger partial charge on any atom is 0.126 e. The molecule has 0 heterocycles. The van der Waals surface area contributed by atoms with Gasteiger partial charge in [0.15, 0.2) is 0 Å². The van der Waals surface area contributed by atoms with Crippen molar-refractivity contribution >= 4 is 6.08 Å². The van der Waals surface area contributed by atoms with Gasteiger partial charge in [-0.15, -0.1) is 0 Å². The van der Waals surface area contributed by atoms with Crippen LogP contribution in [0.25, 0.3) is 6.08 Å². The Kier molecular flexibility index (Phi) is 20.7. The Morgan fingerprint density at radius 2 is 1.50 bits per heavy atom. The summed E-state index contributed by atoms with van der Waals surface area (Å²) in [6.45, 7) is 19.3. The monoisotopic (exact) mass is 338 g/mol. The minimum Gasteiger partial charge on any atom is -0.496 e. The first-order chi connectivity index (χ1) is 11.5. The zero-order valence-electron chi connectivity index (χ0n) is 18.1. The molecule has 0 aliphatic heterocycles. The van der Waals surface area contributed by atoms with Crippen molar-refractivity contribution < 1.29 is 9.47 Å². The van der Waals surface area contributed by atoms with E-state index in [9.17, 15) is 0 Å². The van der Waals surface area contributed by atoms with E-state index in [4.69, 9.17) is 9.47 Å². The van der Waals surface area contributed by atoms with Gasteiger partial charge in [-0.2, -0.15) is 0 Å². The molecule has 0 bridgehead atoms. The lowest BCUT2D eigenvalue weighted by atomic mass is 9.90. The maximum atomic E-state index is 5.35. The number of hydrogen-bond acceptors (Lipinski definition) is 2. The van der Waals surface area contributed by atoms with Crippen molar-refractivity contribution in [2.75, 3.05) is 20.8 Å². The predicted molar refractivity (Wildman–Crippen MR) is 111 cm³/mol. The molecule has 24 heavy (non-hydrogen) atoms. The standard InChI is InChI=1S/C16H24O2.3C2H6/c1-13-8-9-15(18-5)14(11-13)7-6-10-16(2,3)12-17-4;3*1-2/h6-9,11H,10,12H2,1-5H3;3*1-2H3/b7-6+;;;. The van der Waals surface area contributed by atoms with E-state index in [1.54, 1.807) is 14.2 Å². The zero-order valence-corrected chi connectivity index (χ0v) is 18.1. The highest BCUT2D eigenvalue weighted by atomic mass is 16.5. The topological polar surface area (TPSA) is 18.5 Å². The number of hydrogen-bond donors (Lipinski definition) is 0. The summed E-state index contributed by atoms with van der Waals surface area (Å²) in [5, 5.41) is 0. The van der Waals surface area contributed by atoms with Crippen LogP contribution in [-0.4, -0.2) is 20.8 Å². The lowest BCUT2D eigenvalue weighted by molar-refractivity contribution is 0.106. The quantitative estimate of drug-likeness (QED) is 0.548. The first-order valence-electron chi connectivity index (χ1n) is 9.28. The van der Waals surface area contributed by atoms with Crippen molar-refractivity contribution in [3.63, 3.8) is 0 Å². The smallest absolute Gasteiger partial charge is 0.126 e. The fourth-order valence-corrected chi connectivity index (χ4v) is 1.94. The Hall–Kier alpha value is -1.28. The molecule has 142 valence electrons. The van der Waals surface area contributed by atoms with Crippen LogP contribution in [-0.2, 0) is 4.74 Å². The van der Waals surface area contributed by atoms with Crippen LogP contribution in [0.2, 0.25) is 0 Å². The number of rotatable bonds is 6. The van der Waals surface area contributed by atoms with Crippen molar-refractivity contribution in [1.82, 2.24) is 0 Å². The molecule has 0 unspecified atom stereocenters. The first kappa shape index (κ1) is 27.6. The molecule has 0 amide bonds. The molecular formula is C22H42O2. The SMILES string of the molecule is CC.CC.CC.COCC(C)(C)C/C=C/c1cc(C)ccc1OC. The summed E-state index contributed by atoms with van der Waals surface area (Å²) < 4.78 is 10.6. The van der Waals surface area contributed by atoms with Crippen molar-refractivity contribution in [3.8, 4) is 5.75 Å². The summed E-state index contributed by atoms with van der Waals surface area (Å²) in [6, 6.07) is 6.21. The van der Waals surface area contributed by atoms with Gasteiger partial charge in [0.25, 0.3) is 0 Å². The van der Waals surface area contributed by atoms with Gasteiger partial charge in [-0.3, -0.25) is 0 Å². The van der Waals surface area contributed by atoms with Gasteiger partial charge in [0.2, 0.25) is 0 Å². The van der Waals surface area contributed by atoms with Gasteiger partial charge >= 0.3 is 0 Å². The summed E-state index contributed by atoms with van der Waals surface area (Å²) in [6.07, 6.45) is 5.30. The summed E-state index contributed by atoms with van der Waals surface area (Å²) in [5.74, 6) is 0.918. The number of benzene rings is 1. The highest BCUT2D eigenvalue weighted by molar-refractivity contribution is 5.58. The minimum atomic E-state index is 0.169. The van der Waals surface area contributed by atoms with Crippen LogP contribution < -0.4 is 4.74 Å². The Morgan fingerprint density at radius 3 is 1.96 bits per heavy atom. The Bertz CT molecular complexity index is 406. The van der Waals surface area contributed by atoms with Crippen molar-refractivity contribution in [2.45, 2.75) is 68.7 Å². The van der Waals surface area contributed by atoms with Crippen molar-refractivity contribution in [1.29, 1.82) is 0 Å². The van der Waals surface area contributed by atoms with Crippen LogP contribution in [0.1, 0.15) is 72.9 Å². The number of aryl methyl sites for hydroxylation is 1. The van der Waals surface area contributed by atoms with E-state index in [1.807, 2.05) is 47.6 Å². The third-order valence-corrected chi connectivity index (χ3v) is 2.89. The normalized spacial score (nSPS) is 9.79. The van der Waals surface area contributed by atoms with Gasteiger partial charge in [-0.1, -0.05) is 79.2 Å². The number of ether oxygens (including phenoxy) is 2. The molecule has 0 fully saturated rings. The maximum absolute atomic E-state index is 5.35. The molecular weight excluding hydrogens is 296 g/mol. The van der Waals surface area contributed by atoms with E-state index in [0.717, 1.165) is 24.3 Å². The van der Waals surface area contributed by atoms with E-state index >= 15 is 0 Å². The summed E-state index contributed by atoms with van der Waals surface area (Å²) in [7, 11) is 3.45. The molecule has 0 saturated heterocycles. The van der Waals surface area contributed by atoms with Crippen LogP contribution in [0.3, 0.4) is 0 Å². The number of methoxy groups -OCH3 is 2. The van der Waals surface area contributed by atoms with Gasteiger partial charge in [0, 0.05) is 12.7 Å². The van der Waals surface area contributed by atoms with Crippen LogP contribution in [0.5, 0.6) is 5.75 Å². The lowest BCUT2D eigenvalue weighted by Crippen LogP contribution is -2.16. The predicted octanol–water partition coefficient (Wildman–Crippen LogP) is 7.16. The molecule has 0 saturated carbocycles. The fraction of sp³-hybridized carbons (Fsp3) is 0.636. The fourth-order valence-electron chi connectivity index (χ4n) is 1.94. The largest absolute Gasteiger partial charge is 0.496 e. The van der Waals surface area contributed by atoms with Crippen LogP contribution in [0.15, 0.2) is 24.3 Å². The molecule has 0 aliphatic carbocycles. The van der Waals surface area contributed by atoms with Gasteiger partial charge in [0.05, 0.1) is 13.7 Å². The molecule has 0 radical (unpaired) electrons. The second-order valence-electron chi connectivity index (χ2n) is 5.45. The van der Waals surface area contributed by atoms with Crippen LogP contribution in [0, 0.1) is 12.3 Å². The highest BCUT2D eigenvalue weighted by Crippen LogP contribution is 2.24. The minimum absolute atomic E-state index is 0.169. The molecule has 0 aliphatic rings. The molecule has 0 spiro atoms. The molecule has 0 atom stereocenters. The number of allylic oxidation sites excluding steroid dienone is 1. The molecule has 1 aromatic carbocycles. The lowest BCUT2D eigenvalue weighted by Gasteiger charge is -2.21. The van der Waals surface area contributed by atoms with Gasteiger partial charge in [-0.05, 0) is 30.9 Å². The Morgan fingerprint density at radius 1 is 0.958 bits per heavy atom. The molecule has 2 heteroatoms. The molecule has 0 aromatic heterocycles. The molecule has 0 N–H and O–H groups in total. The summed E-state index contributed by atoms with van der Waals surface area (Å²) in [4.78, 5) is 0. The van der Waals surface area contributed by atoms with E-state index < -0.39 is 0 Å². The Balaban J connectivity index is -0.000000659. The van der Waals surface area contributed by atoms with Crippen molar-refractivity contribution in [2.24, 2.45) is 5.41 Å². The van der Waals surface area contributed by atoms with E-state index in [1.165, 1.54) is 5.56 Å². The average Bonchev–Trinajstić information content (AvgIpc) is 2.60. The highest BCUT2D eigenvalue weighted by Gasteiger charge is 2.15. The molecule has 1 aromatic rings. The summed E-state index contributed by atoms with van der Waals surface area (Å²) in [5.41, 5.74) is 2.54. The summed E-state index contributed by atoms with van der Waals surface area (Å²) >= 11 is 0. The molecule has 2 nitrogen and oxygen atoms in total. The van der Waals surface area contributed by atoms with Crippen LogP contribution >= 0.6 is 0 Å². The Labute approximate surface area is 152 Å². The van der Waals surface area contributed by atoms with E-state index in [2.05, 4.69) is 45.1 Å². The average molecular weight is 339 g/mol.